The fourth-order valence-electron chi connectivity index (χ4n) is 2.73. The zero-order chi connectivity index (χ0) is 20.6. The average molecular weight is 397 g/mol. The van der Waals surface area contributed by atoms with Crippen molar-refractivity contribution in [3.05, 3.63) is 70.4 Å². The van der Waals surface area contributed by atoms with Gasteiger partial charge in [0.2, 0.25) is 5.43 Å². The van der Waals surface area contributed by atoms with Crippen LogP contribution in [-0.4, -0.2) is 46.0 Å². The molecule has 9 heteroatoms. The molecule has 0 radical (unpaired) electrons. The fourth-order valence-corrected chi connectivity index (χ4v) is 2.73. The van der Waals surface area contributed by atoms with Crippen molar-refractivity contribution in [1.82, 2.24) is 19.6 Å². The third kappa shape index (κ3) is 5.52. The van der Waals surface area contributed by atoms with Crippen molar-refractivity contribution in [1.29, 1.82) is 0 Å². The maximum atomic E-state index is 12.3. The molecule has 1 N–H and O–H groups in total. The summed E-state index contributed by atoms with van der Waals surface area (Å²) in [5.41, 5.74) is 2.43. The van der Waals surface area contributed by atoms with Gasteiger partial charge in [0.15, 0.2) is 0 Å². The highest BCUT2D eigenvalue weighted by Crippen LogP contribution is 2.13. The van der Waals surface area contributed by atoms with Crippen molar-refractivity contribution < 1.29 is 14.3 Å². The molecule has 0 saturated carbocycles. The van der Waals surface area contributed by atoms with Gasteiger partial charge in [-0.25, -0.2) is 9.48 Å². The second kappa shape index (κ2) is 9.65. The van der Waals surface area contributed by atoms with Crippen molar-refractivity contribution in [3.63, 3.8) is 0 Å². The number of aromatic nitrogens is 4. The van der Waals surface area contributed by atoms with Crippen molar-refractivity contribution in [2.45, 2.75) is 19.9 Å². The first-order valence-electron chi connectivity index (χ1n) is 9.22. The average Bonchev–Trinajstić information content (AvgIpc) is 3.17. The Morgan fingerprint density at radius 3 is 2.93 bits per heavy atom. The van der Waals surface area contributed by atoms with Crippen molar-refractivity contribution >= 4 is 11.8 Å². The smallest absolute Gasteiger partial charge is 0.411 e. The van der Waals surface area contributed by atoms with Crippen LogP contribution in [0.3, 0.4) is 0 Å². The van der Waals surface area contributed by atoms with Gasteiger partial charge in [-0.1, -0.05) is 12.1 Å². The van der Waals surface area contributed by atoms with Gasteiger partial charge in [0.05, 0.1) is 32.2 Å². The molecule has 0 spiro atoms. The van der Waals surface area contributed by atoms with Gasteiger partial charge in [-0.15, -0.1) is 0 Å². The van der Waals surface area contributed by atoms with Gasteiger partial charge in [0.1, 0.15) is 11.4 Å². The van der Waals surface area contributed by atoms with Crippen LogP contribution in [0, 0.1) is 0 Å². The Labute approximate surface area is 167 Å². The van der Waals surface area contributed by atoms with E-state index in [4.69, 9.17) is 9.47 Å². The number of carbonyl (C=O) groups excluding carboxylic acids is 1. The first kappa shape index (κ1) is 20.3. The first-order chi connectivity index (χ1) is 14.1. The molecule has 2 heterocycles. The van der Waals surface area contributed by atoms with Crippen LogP contribution in [0.25, 0.3) is 5.69 Å². The predicted octanol–water partition coefficient (Wildman–Crippen LogP) is 2.23. The molecule has 0 fully saturated rings. The van der Waals surface area contributed by atoms with Gasteiger partial charge in [0.25, 0.3) is 0 Å². The minimum Gasteiger partial charge on any atom is -0.450 e. The van der Waals surface area contributed by atoms with E-state index in [1.165, 1.54) is 6.07 Å². The van der Waals surface area contributed by atoms with E-state index in [0.29, 0.717) is 37.6 Å². The third-order valence-electron chi connectivity index (χ3n) is 4.11. The van der Waals surface area contributed by atoms with E-state index in [0.717, 1.165) is 11.3 Å². The summed E-state index contributed by atoms with van der Waals surface area (Å²) in [6, 6.07) is 8.70. The molecule has 3 aromatic rings. The summed E-state index contributed by atoms with van der Waals surface area (Å²) in [5, 5.41) is 11.4. The summed E-state index contributed by atoms with van der Waals surface area (Å²) in [4.78, 5) is 23.9. The molecule has 0 aliphatic heterocycles. The summed E-state index contributed by atoms with van der Waals surface area (Å²) in [6.07, 6.45) is 4.94. The van der Waals surface area contributed by atoms with Crippen LogP contribution in [0.2, 0.25) is 0 Å². The Kier molecular flexibility index (Phi) is 6.75. The molecular formula is C20H23N5O4. The van der Waals surface area contributed by atoms with E-state index >= 15 is 0 Å². The topological polar surface area (TPSA) is 100 Å². The van der Waals surface area contributed by atoms with Crippen molar-refractivity contribution in [2.75, 3.05) is 25.6 Å². The third-order valence-corrected chi connectivity index (χ3v) is 4.11. The van der Waals surface area contributed by atoms with Crippen LogP contribution in [0.15, 0.2) is 53.7 Å². The van der Waals surface area contributed by atoms with E-state index in [1.54, 1.807) is 54.0 Å². The van der Waals surface area contributed by atoms with Gasteiger partial charge < -0.3 is 9.47 Å². The molecule has 0 aliphatic carbocycles. The highest BCUT2D eigenvalue weighted by Gasteiger charge is 2.09. The lowest BCUT2D eigenvalue weighted by atomic mass is 10.1. The molecular weight excluding hydrogens is 374 g/mol. The number of nitrogens with one attached hydrogen (secondary N) is 1. The number of nitrogens with zero attached hydrogens (tertiary/aromatic N) is 4. The molecule has 152 valence electrons. The zero-order valence-corrected chi connectivity index (χ0v) is 16.4. The van der Waals surface area contributed by atoms with Gasteiger partial charge in [-0.2, -0.15) is 10.2 Å². The van der Waals surface area contributed by atoms with E-state index in [-0.39, 0.29) is 5.43 Å². The van der Waals surface area contributed by atoms with Crippen LogP contribution < -0.4 is 10.7 Å². The normalized spacial score (nSPS) is 10.7. The number of methoxy groups -OCH3 is 1. The zero-order valence-electron chi connectivity index (χ0n) is 16.4. The Balaban J connectivity index is 1.78. The maximum absolute atomic E-state index is 12.3. The summed E-state index contributed by atoms with van der Waals surface area (Å²) < 4.78 is 13.3. The predicted molar refractivity (Wildman–Crippen MR) is 107 cm³/mol. The molecule has 1 amide bonds. The summed E-state index contributed by atoms with van der Waals surface area (Å²) in [7, 11) is 1.64. The standard InChI is InChI=1S/C20H23N5O4/c1-3-29-20(27)22-16-6-4-5-15(11-16)12-18-19(26)7-8-25(23-18)17-13-21-24(14-17)9-10-28-2/h4-8,11,13-14H,3,9-10,12H2,1-2H3,(H,22,27). The molecule has 2 aromatic heterocycles. The Morgan fingerprint density at radius 2 is 2.14 bits per heavy atom. The summed E-state index contributed by atoms with van der Waals surface area (Å²) in [6.45, 7) is 3.22. The van der Waals surface area contributed by atoms with E-state index in [1.807, 2.05) is 12.3 Å². The second-order valence-electron chi connectivity index (χ2n) is 6.25. The summed E-state index contributed by atoms with van der Waals surface area (Å²) >= 11 is 0. The monoisotopic (exact) mass is 397 g/mol. The number of benzene rings is 1. The molecule has 3 rings (SSSR count). The van der Waals surface area contributed by atoms with Crippen molar-refractivity contribution in [3.8, 4) is 5.69 Å². The van der Waals surface area contributed by atoms with E-state index < -0.39 is 6.09 Å². The number of anilines is 1. The molecule has 1 aromatic carbocycles. The minimum atomic E-state index is -0.518. The van der Waals surface area contributed by atoms with Crippen LogP contribution in [-0.2, 0) is 22.4 Å². The number of rotatable bonds is 8. The molecule has 0 bridgehead atoms. The quantitative estimate of drug-likeness (QED) is 0.626. The molecule has 0 saturated heterocycles. The van der Waals surface area contributed by atoms with Gasteiger partial charge in [-0.3, -0.25) is 14.8 Å². The Hall–Kier alpha value is -3.46. The second-order valence-corrected chi connectivity index (χ2v) is 6.25. The largest absolute Gasteiger partial charge is 0.450 e. The SMILES string of the molecule is CCOC(=O)Nc1cccc(Cc2nn(-c3cnn(CCOC)c3)ccc2=O)c1. The Bertz CT molecular complexity index is 1030. The number of hydrogen-bond donors (Lipinski definition) is 1. The molecule has 0 atom stereocenters. The number of hydrogen-bond acceptors (Lipinski definition) is 6. The number of ether oxygens (including phenoxy) is 2. The number of carbonyl (C=O) groups is 1. The molecule has 0 aliphatic rings. The summed E-state index contributed by atoms with van der Waals surface area (Å²) in [5.74, 6) is 0. The molecule has 29 heavy (non-hydrogen) atoms. The highest BCUT2D eigenvalue weighted by molar-refractivity contribution is 5.84. The fraction of sp³-hybridized carbons (Fsp3) is 0.300. The van der Waals surface area contributed by atoms with Crippen molar-refractivity contribution in [2.24, 2.45) is 0 Å². The van der Waals surface area contributed by atoms with Crippen LogP contribution in [0.4, 0.5) is 10.5 Å². The van der Waals surface area contributed by atoms with E-state index in [9.17, 15) is 9.59 Å². The van der Waals surface area contributed by atoms with Gasteiger partial charge in [-0.05, 0) is 24.6 Å². The number of amides is 1. The van der Waals surface area contributed by atoms with Gasteiger partial charge in [0, 0.05) is 31.5 Å². The lowest BCUT2D eigenvalue weighted by Gasteiger charge is -2.08. The molecule has 9 nitrogen and oxygen atoms in total. The highest BCUT2D eigenvalue weighted by atomic mass is 16.5. The van der Waals surface area contributed by atoms with Crippen LogP contribution in [0.1, 0.15) is 18.2 Å². The van der Waals surface area contributed by atoms with Crippen LogP contribution >= 0.6 is 0 Å². The van der Waals surface area contributed by atoms with Crippen LogP contribution in [0.5, 0.6) is 0 Å². The van der Waals surface area contributed by atoms with E-state index in [2.05, 4.69) is 15.5 Å². The lowest BCUT2D eigenvalue weighted by Crippen LogP contribution is -2.16. The van der Waals surface area contributed by atoms with Gasteiger partial charge >= 0.3 is 6.09 Å². The minimum absolute atomic E-state index is 0.156. The molecule has 0 unspecified atom stereocenters. The first-order valence-corrected chi connectivity index (χ1v) is 9.22. The lowest BCUT2D eigenvalue weighted by molar-refractivity contribution is 0.168. The maximum Gasteiger partial charge on any atom is 0.411 e. The Morgan fingerprint density at radius 1 is 1.28 bits per heavy atom.